The molecule has 0 spiro atoms. The average Bonchev–Trinajstić information content (AvgIpc) is 2.98. The minimum Gasteiger partial charge on any atom is -0.355 e. The van der Waals surface area contributed by atoms with Crippen LogP contribution in [0.3, 0.4) is 0 Å². The predicted octanol–water partition coefficient (Wildman–Crippen LogP) is 1.42. The predicted molar refractivity (Wildman–Crippen MR) is 88.2 cm³/mol. The van der Waals surface area contributed by atoms with Gasteiger partial charge >= 0.3 is 0 Å². The zero-order valence-corrected chi connectivity index (χ0v) is 13.1. The number of rotatable bonds is 2. The van der Waals surface area contributed by atoms with E-state index in [1.807, 2.05) is 23.6 Å². The van der Waals surface area contributed by atoms with Gasteiger partial charge in [0, 0.05) is 31.5 Å². The number of aromatic nitrogens is 5. The number of anilines is 1. The van der Waals surface area contributed by atoms with E-state index in [-0.39, 0.29) is 6.04 Å². The van der Waals surface area contributed by atoms with E-state index in [1.165, 1.54) is 0 Å². The van der Waals surface area contributed by atoms with Crippen molar-refractivity contribution in [2.45, 2.75) is 25.8 Å². The van der Waals surface area contributed by atoms with Crippen LogP contribution in [0.1, 0.15) is 18.5 Å². The number of piperidine rings is 1. The minimum absolute atomic E-state index is 0.215. The van der Waals surface area contributed by atoms with Crippen LogP contribution >= 0.6 is 0 Å². The smallest absolute Gasteiger partial charge is 0.180 e. The molecule has 0 saturated carbocycles. The summed E-state index contributed by atoms with van der Waals surface area (Å²) < 4.78 is 1.98. The van der Waals surface area contributed by atoms with Crippen molar-refractivity contribution in [3.05, 3.63) is 36.5 Å². The van der Waals surface area contributed by atoms with Crippen molar-refractivity contribution in [2.24, 2.45) is 5.73 Å². The van der Waals surface area contributed by atoms with E-state index in [4.69, 9.17) is 10.7 Å². The zero-order chi connectivity index (χ0) is 15.8. The molecule has 7 nitrogen and oxygen atoms in total. The second-order valence-electron chi connectivity index (χ2n) is 5.99. The molecule has 23 heavy (non-hydrogen) atoms. The van der Waals surface area contributed by atoms with E-state index in [9.17, 15) is 0 Å². The molecule has 118 valence electrons. The topological polar surface area (TPSA) is 85.2 Å². The number of hydrogen-bond acceptors (Lipinski definition) is 6. The number of fused-ring (bicyclic) bond motifs is 1. The lowest BCUT2D eigenvalue weighted by Crippen LogP contribution is -2.43. The molecule has 0 radical (unpaired) electrons. The van der Waals surface area contributed by atoms with Gasteiger partial charge in [0.1, 0.15) is 11.5 Å². The van der Waals surface area contributed by atoms with Gasteiger partial charge in [0.25, 0.3) is 0 Å². The first-order valence-electron chi connectivity index (χ1n) is 7.84. The first kappa shape index (κ1) is 14.1. The van der Waals surface area contributed by atoms with Gasteiger partial charge in [-0.3, -0.25) is 9.38 Å². The fraction of sp³-hybridized carbons (Fsp3) is 0.375. The Labute approximate surface area is 134 Å². The Bertz CT molecular complexity index is 841. The van der Waals surface area contributed by atoms with Gasteiger partial charge in [0.05, 0.1) is 18.1 Å². The molecule has 1 saturated heterocycles. The largest absolute Gasteiger partial charge is 0.355 e. The van der Waals surface area contributed by atoms with Gasteiger partial charge in [0.15, 0.2) is 11.5 Å². The standard InChI is InChI=1S/C16H19N7/c1-11-9-23-13(7-20-15(23)8-19-11)16-18-5-4-14(21-16)22-6-2-3-12(17)10-22/h4-5,7-9,12H,2-3,6,10,17H2,1H3. The number of nitrogens with two attached hydrogens (primary N) is 1. The van der Waals surface area contributed by atoms with Crippen molar-refractivity contribution >= 4 is 11.5 Å². The maximum absolute atomic E-state index is 6.08. The van der Waals surface area contributed by atoms with Gasteiger partial charge in [-0.05, 0) is 25.8 Å². The molecule has 4 heterocycles. The van der Waals surface area contributed by atoms with Crippen molar-refractivity contribution in [1.29, 1.82) is 0 Å². The minimum atomic E-state index is 0.215. The first-order chi connectivity index (χ1) is 11.2. The summed E-state index contributed by atoms with van der Waals surface area (Å²) in [6, 6.07) is 2.16. The molecule has 4 rings (SSSR count). The molecular weight excluding hydrogens is 290 g/mol. The Hall–Kier alpha value is -2.54. The summed E-state index contributed by atoms with van der Waals surface area (Å²) >= 11 is 0. The van der Waals surface area contributed by atoms with E-state index in [2.05, 4.69) is 19.9 Å². The summed E-state index contributed by atoms with van der Waals surface area (Å²) in [4.78, 5) is 20.0. The molecule has 1 atom stereocenters. The number of aryl methyl sites for hydroxylation is 1. The van der Waals surface area contributed by atoms with Gasteiger partial charge in [-0.15, -0.1) is 0 Å². The SMILES string of the molecule is Cc1cn2c(-c3nccc(N4CCCC(N)C4)n3)cnc2cn1. The van der Waals surface area contributed by atoms with Crippen LogP contribution in [0.4, 0.5) is 5.82 Å². The average molecular weight is 309 g/mol. The fourth-order valence-electron chi connectivity index (χ4n) is 3.02. The van der Waals surface area contributed by atoms with Crippen molar-refractivity contribution in [2.75, 3.05) is 18.0 Å². The molecule has 0 aromatic carbocycles. The molecule has 0 amide bonds. The summed E-state index contributed by atoms with van der Waals surface area (Å²) in [6.07, 6.45) is 9.47. The highest BCUT2D eigenvalue weighted by molar-refractivity contribution is 5.58. The third kappa shape index (κ3) is 2.63. The maximum Gasteiger partial charge on any atom is 0.180 e. The van der Waals surface area contributed by atoms with Crippen LogP contribution in [0, 0.1) is 6.92 Å². The molecule has 7 heteroatoms. The molecule has 0 aliphatic carbocycles. The van der Waals surface area contributed by atoms with Crippen molar-refractivity contribution in [1.82, 2.24) is 24.3 Å². The van der Waals surface area contributed by atoms with Crippen LogP contribution in [0.25, 0.3) is 17.2 Å². The van der Waals surface area contributed by atoms with E-state index in [0.717, 1.165) is 48.8 Å². The maximum atomic E-state index is 6.08. The molecule has 1 unspecified atom stereocenters. The lowest BCUT2D eigenvalue weighted by molar-refractivity contribution is 0.503. The van der Waals surface area contributed by atoms with E-state index < -0.39 is 0 Å². The Morgan fingerprint density at radius 2 is 2.13 bits per heavy atom. The summed E-state index contributed by atoms with van der Waals surface area (Å²) in [5, 5.41) is 0. The third-order valence-electron chi connectivity index (χ3n) is 4.18. The molecule has 3 aromatic heterocycles. The molecule has 0 bridgehead atoms. The van der Waals surface area contributed by atoms with Crippen molar-refractivity contribution in [3.8, 4) is 11.5 Å². The number of nitrogens with zero attached hydrogens (tertiary/aromatic N) is 6. The van der Waals surface area contributed by atoms with Crippen LogP contribution in [-0.2, 0) is 0 Å². The second kappa shape index (κ2) is 5.58. The molecular formula is C16H19N7. The Morgan fingerprint density at radius 3 is 3.00 bits per heavy atom. The summed E-state index contributed by atoms with van der Waals surface area (Å²) in [5.41, 5.74) is 8.67. The van der Waals surface area contributed by atoms with Crippen LogP contribution in [-0.4, -0.2) is 43.5 Å². The monoisotopic (exact) mass is 309 g/mol. The fourth-order valence-corrected chi connectivity index (χ4v) is 3.02. The molecule has 1 fully saturated rings. The number of imidazole rings is 1. The lowest BCUT2D eigenvalue weighted by Gasteiger charge is -2.31. The highest BCUT2D eigenvalue weighted by atomic mass is 15.2. The highest BCUT2D eigenvalue weighted by Crippen LogP contribution is 2.21. The van der Waals surface area contributed by atoms with Crippen molar-refractivity contribution < 1.29 is 0 Å². The van der Waals surface area contributed by atoms with Gasteiger partial charge in [0.2, 0.25) is 0 Å². The Balaban J connectivity index is 1.74. The third-order valence-corrected chi connectivity index (χ3v) is 4.18. The van der Waals surface area contributed by atoms with E-state index in [0.29, 0.717) is 5.82 Å². The van der Waals surface area contributed by atoms with Crippen LogP contribution in [0.5, 0.6) is 0 Å². The summed E-state index contributed by atoms with van der Waals surface area (Å²) in [5.74, 6) is 1.59. The lowest BCUT2D eigenvalue weighted by atomic mass is 10.1. The van der Waals surface area contributed by atoms with E-state index in [1.54, 1.807) is 18.6 Å². The first-order valence-corrected chi connectivity index (χ1v) is 7.84. The molecule has 3 aromatic rings. The van der Waals surface area contributed by atoms with Crippen LogP contribution < -0.4 is 10.6 Å². The van der Waals surface area contributed by atoms with Gasteiger partial charge in [-0.25, -0.2) is 15.0 Å². The molecule has 1 aliphatic heterocycles. The van der Waals surface area contributed by atoms with E-state index >= 15 is 0 Å². The Kier molecular flexibility index (Phi) is 3.42. The normalized spacial score (nSPS) is 18.5. The quantitative estimate of drug-likeness (QED) is 0.770. The van der Waals surface area contributed by atoms with Crippen LogP contribution in [0.2, 0.25) is 0 Å². The van der Waals surface area contributed by atoms with Crippen LogP contribution in [0.15, 0.2) is 30.9 Å². The molecule has 1 aliphatic rings. The summed E-state index contributed by atoms with van der Waals surface area (Å²) in [6.45, 7) is 3.78. The zero-order valence-electron chi connectivity index (χ0n) is 13.1. The second-order valence-corrected chi connectivity index (χ2v) is 5.99. The van der Waals surface area contributed by atoms with Gasteiger partial charge < -0.3 is 10.6 Å². The highest BCUT2D eigenvalue weighted by Gasteiger charge is 2.19. The Morgan fingerprint density at radius 1 is 1.22 bits per heavy atom. The van der Waals surface area contributed by atoms with Gasteiger partial charge in [-0.2, -0.15) is 0 Å². The molecule has 2 N–H and O–H groups in total. The summed E-state index contributed by atoms with van der Waals surface area (Å²) in [7, 11) is 0. The number of hydrogen-bond donors (Lipinski definition) is 1. The van der Waals surface area contributed by atoms with Gasteiger partial charge in [-0.1, -0.05) is 0 Å². The van der Waals surface area contributed by atoms with Crippen molar-refractivity contribution in [3.63, 3.8) is 0 Å².